The van der Waals surface area contributed by atoms with Crippen LogP contribution >= 0.6 is 11.6 Å². The second-order valence-corrected chi connectivity index (χ2v) is 4.30. The first-order valence-corrected chi connectivity index (χ1v) is 5.70. The van der Waals surface area contributed by atoms with Gasteiger partial charge in [0, 0.05) is 18.8 Å². The molecule has 0 aliphatic heterocycles. The van der Waals surface area contributed by atoms with Gasteiger partial charge in [-0.15, -0.1) is 0 Å². The summed E-state index contributed by atoms with van der Waals surface area (Å²) in [6.45, 7) is 2.15. The Morgan fingerprint density at radius 1 is 1.56 bits per heavy atom. The Morgan fingerprint density at radius 3 is 2.83 bits per heavy atom. The molecule has 2 aromatic rings. The lowest BCUT2D eigenvalue weighted by Crippen LogP contribution is -2.22. The molecule has 18 heavy (non-hydrogen) atoms. The van der Waals surface area contributed by atoms with Crippen LogP contribution in [-0.2, 0) is 13.6 Å². The van der Waals surface area contributed by atoms with E-state index in [4.69, 9.17) is 16.9 Å². The maximum Gasteiger partial charge on any atom is 0.268 e. The maximum absolute atomic E-state index is 11.9. The fraction of sp³-hybridized carbons (Fsp3) is 0.250. The van der Waals surface area contributed by atoms with Gasteiger partial charge in [0.15, 0.2) is 0 Å². The van der Waals surface area contributed by atoms with Gasteiger partial charge in [0.05, 0.1) is 12.2 Å². The first kappa shape index (κ1) is 12.4. The molecule has 0 spiro atoms. The molecule has 92 valence electrons. The minimum absolute atomic E-state index is 0.121. The number of halogens is 1. The van der Waals surface area contributed by atoms with Crippen molar-refractivity contribution in [3.8, 4) is 6.07 Å². The molecule has 0 aromatic carbocycles. The molecular weight excluding hydrogens is 252 g/mol. The largest absolute Gasteiger partial charge is 0.310 e. The molecule has 2 rings (SSSR count). The van der Waals surface area contributed by atoms with Gasteiger partial charge in [0.25, 0.3) is 5.56 Å². The second kappa shape index (κ2) is 4.67. The van der Waals surface area contributed by atoms with Crippen molar-refractivity contribution in [3.05, 3.63) is 50.7 Å². The molecule has 0 fully saturated rings. The quantitative estimate of drug-likeness (QED) is 0.823. The van der Waals surface area contributed by atoms with Crippen LogP contribution < -0.4 is 5.56 Å². The van der Waals surface area contributed by atoms with E-state index in [-0.39, 0.29) is 11.1 Å². The van der Waals surface area contributed by atoms with Gasteiger partial charge in [-0.1, -0.05) is 11.6 Å². The molecule has 0 bridgehead atoms. The van der Waals surface area contributed by atoms with Gasteiger partial charge in [-0.25, -0.2) is 0 Å². The van der Waals surface area contributed by atoms with Crippen LogP contribution in [0.5, 0.6) is 0 Å². The highest BCUT2D eigenvalue weighted by Crippen LogP contribution is 2.19. The maximum atomic E-state index is 11.9. The summed E-state index contributed by atoms with van der Waals surface area (Å²) in [4.78, 5) is 11.9. The Hall–Kier alpha value is -2.06. The van der Waals surface area contributed by atoms with E-state index in [1.165, 1.54) is 10.6 Å². The van der Waals surface area contributed by atoms with Gasteiger partial charge >= 0.3 is 0 Å². The first-order valence-electron chi connectivity index (χ1n) is 5.32. The number of aromatic nitrogens is 3. The van der Waals surface area contributed by atoms with Gasteiger partial charge in [-0.05, 0) is 19.1 Å². The second-order valence-electron chi connectivity index (χ2n) is 3.95. The highest BCUT2D eigenvalue weighted by atomic mass is 35.5. The summed E-state index contributed by atoms with van der Waals surface area (Å²) in [5.41, 5.74) is 1.36. The van der Waals surface area contributed by atoms with Crippen LogP contribution in [0.2, 0.25) is 5.15 Å². The standard InChI is InChI=1S/C12H11ClN4O/c1-8-10(11(13)16(2)15-8)7-17-5-3-4-9(6-14)12(17)18/h3-5H,7H2,1-2H3. The Bertz CT molecular complexity index is 693. The van der Waals surface area contributed by atoms with Crippen molar-refractivity contribution in [2.45, 2.75) is 13.5 Å². The van der Waals surface area contributed by atoms with E-state index in [1.807, 2.05) is 13.0 Å². The smallest absolute Gasteiger partial charge is 0.268 e. The van der Waals surface area contributed by atoms with Crippen molar-refractivity contribution in [3.63, 3.8) is 0 Å². The number of nitrogens with zero attached hydrogens (tertiary/aromatic N) is 4. The zero-order chi connectivity index (χ0) is 13.3. The highest BCUT2D eigenvalue weighted by Gasteiger charge is 2.12. The third kappa shape index (κ3) is 2.03. The molecule has 5 nitrogen and oxygen atoms in total. The van der Waals surface area contributed by atoms with Crippen LogP contribution in [-0.4, -0.2) is 14.3 Å². The Labute approximate surface area is 109 Å². The Morgan fingerprint density at radius 2 is 2.28 bits per heavy atom. The summed E-state index contributed by atoms with van der Waals surface area (Å²) < 4.78 is 3.01. The van der Waals surface area contributed by atoms with E-state index in [0.717, 1.165) is 11.3 Å². The van der Waals surface area contributed by atoms with E-state index in [2.05, 4.69) is 5.10 Å². The van der Waals surface area contributed by atoms with Crippen molar-refractivity contribution in [2.24, 2.45) is 7.05 Å². The zero-order valence-corrected chi connectivity index (χ0v) is 10.8. The van der Waals surface area contributed by atoms with Crippen LogP contribution in [0.1, 0.15) is 16.8 Å². The van der Waals surface area contributed by atoms with E-state index in [1.54, 1.807) is 24.0 Å². The summed E-state index contributed by atoms with van der Waals surface area (Å²) >= 11 is 6.11. The van der Waals surface area contributed by atoms with Crippen LogP contribution in [0.3, 0.4) is 0 Å². The zero-order valence-electron chi connectivity index (χ0n) is 10.0. The minimum Gasteiger partial charge on any atom is -0.310 e. The normalized spacial score (nSPS) is 10.3. The van der Waals surface area contributed by atoms with E-state index >= 15 is 0 Å². The molecule has 0 saturated heterocycles. The topological polar surface area (TPSA) is 63.6 Å². The number of hydrogen-bond acceptors (Lipinski definition) is 3. The molecular formula is C12H11ClN4O. The highest BCUT2D eigenvalue weighted by molar-refractivity contribution is 6.30. The molecule has 0 aliphatic carbocycles. The van der Waals surface area contributed by atoms with Gasteiger partial charge in [0.2, 0.25) is 0 Å². The lowest BCUT2D eigenvalue weighted by molar-refractivity contribution is 0.748. The average molecular weight is 263 g/mol. The molecule has 0 amide bonds. The van der Waals surface area contributed by atoms with E-state index < -0.39 is 0 Å². The summed E-state index contributed by atoms with van der Waals surface area (Å²) in [7, 11) is 1.74. The lowest BCUT2D eigenvalue weighted by Gasteiger charge is -2.05. The molecule has 0 saturated carbocycles. The van der Waals surface area contributed by atoms with E-state index in [0.29, 0.717) is 11.7 Å². The van der Waals surface area contributed by atoms with Gasteiger partial charge < -0.3 is 4.57 Å². The number of hydrogen-bond donors (Lipinski definition) is 0. The molecule has 0 N–H and O–H groups in total. The molecule has 2 heterocycles. The fourth-order valence-electron chi connectivity index (χ4n) is 1.77. The summed E-state index contributed by atoms with van der Waals surface area (Å²) in [5, 5.41) is 13.5. The number of pyridine rings is 1. The van der Waals surface area contributed by atoms with E-state index in [9.17, 15) is 4.79 Å². The molecule has 0 atom stereocenters. The average Bonchev–Trinajstić information content (AvgIpc) is 2.58. The minimum atomic E-state index is -0.320. The predicted molar refractivity (Wildman–Crippen MR) is 67.5 cm³/mol. The van der Waals surface area contributed by atoms with Crippen LogP contribution in [0.15, 0.2) is 23.1 Å². The van der Waals surface area contributed by atoms with Crippen molar-refractivity contribution in [2.75, 3.05) is 0 Å². The summed E-state index contributed by atoms with van der Waals surface area (Å²) in [6, 6.07) is 5.03. The molecule has 2 aromatic heterocycles. The fourth-order valence-corrected chi connectivity index (χ4v) is 2.00. The van der Waals surface area contributed by atoms with Crippen LogP contribution in [0.4, 0.5) is 0 Å². The number of nitriles is 1. The van der Waals surface area contributed by atoms with Crippen LogP contribution in [0, 0.1) is 18.3 Å². The Kier molecular flexibility index (Phi) is 3.21. The molecule has 6 heteroatoms. The summed E-state index contributed by atoms with van der Waals surface area (Å²) in [6.07, 6.45) is 1.63. The molecule has 0 unspecified atom stereocenters. The van der Waals surface area contributed by atoms with Gasteiger partial charge in [-0.3, -0.25) is 9.48 Å². The van der Waals surface area contributed by atoms with Crippen molar-refractivity contribution < 1.29 is 0 Å². The molecule has 0 aliphatic rings. The lowest BCUT2D eigenvalue weighted by atomic mass is 10.2. The van der Waals surface area contributed by atoms with Crippen molar-refractivity contribution >= 4 is 11.6 Å². The first-order chi connectivity index (χ1) is 8.54. The summed E-state index contributed by atoms with van der Waals surface area (Å²) in [5.74, 6) is 0. The van der Waals surface area contributed by atoms with Gasteiger partial charge in [-0.2, -0.15) is 10.4 Å². The predicted octanol–water partition coefficient (Wildman–Crippen LogP) is 1.46. The SMILES string of the molecule is Cc1nn(C)c(Cl)c1Cn1cccc(C#N)c1=O. The number of aryl methyl sites for hydroxylation is 2. The molecule has 0 radical (unpaired) electrons. The van der Waals surface area contributed by atoms with Gasteiger partial charge in [0.1, 0.15) is 16.8 Å². The van der Waals surface area contributed by atoms with Crippen molar-refractivity contribution in [1.29, 1.82) is 5.26 Å². The third-order valence-electron chi connectivity index (χ3n) is 2.74. The van der Waals surface area contributed by atoms with Crippen molar-refractivity contribution in [1.82, 2.24) is 14.3 Å². The Balaban J connectivity index is 2.48. The van der Waals surface area contributed by atoms with Crippen LogP contribution in [0.25, 0.3) is 0 Å². The third-order valence-corrected chi connectivity index (χ3v) is 3.21. The monoisotopic (exact) mass is 262 g/mol. The number of rotatable bonds is 2.